The molecule has 0 unspecified atom stereocenters. The van der Waals surface area contributed by atoms with Gasteiger partial charge in [0.05, 0.1) is 31.6 Å². The SMILES string of the molecule is C=C(CCNc1ccccn1)c1cnc(-c2cn(CC3OCC(C)(C)CO3)nn2)c(C)c1. The third kappa shape index (κ3) is 5.57. The smallest absolute Gasteiger partial charge is 0.177 e. The minimum Gasteiger partial charge on any atom is -0.370 e. The molecule has 4 rings (SSSR count). The molecule has 0 atom stereocenters. The fourth-order valence-corrected chi connectivity index (χ4v) is 3.47. The predicted octanol–water partition coefficient (Wildman–Crippen LogP) is 3.96. The zero-order valence-electron chi connectivity index (χ0n) is 18.9. The molecule has 32 heavy (non-hydrogen) atoms. The van der Waals surface area contributed by atoms with Gasteiger partial charge in [0.25, 0.3) is 0 Å². The Kier molecular flexibility index (Phi) is 6.62. The number of nitrogens with one attached hydrogen (secondary N) is 1. The summed E-state index contributed by atoms with van der Waals surface area (Å²) in [5, 5.41) is 11.8. The standard InChI is InChI=1S/C24H30N6O2/c1-17(8-10-26-21-7-5-6-9-25-21)19-11-18(2)23(27-12-19)20-13-30(29-28-20)14-22-31-15-24(3,4)16-32-22/h5-7,9,11-13,22H,1,8,10,14-16H2,2-4H3,(H,25,26). The van der Waals surface area contributed by atoms with Crippen LogP contribution in [0.25, 0.3) is 17.0 Å². The van der Waals surface area contributed by atoms with Crippen molar-refractivity contribution in [2.45, 2.75) is 40.0 Å². The molecule has 8 heteroatoms. The van der Waals surface area contributed by atoms with Crippen LogP contribution in [0.4, 0.5) is 5.82 Å². The van der Waals surface area contributed by atoms with Crippen LogP contribution in [-0.2, 0) is 16.0 Å². The Morgan fingerprint density at radius 1 is 1.25 bits per heavy atom. The van der Waals surface area contributed by atoms with Gasteiger partial charge in [0.15, 0.2) is 6.29 Å². The average molecular weight is 435 g/mol. The van der Waals surface area contributed by atoms with Gasteiger partial charge >= 0.3 is 0 Å². The van der Waals surface area contributed by atoms with E-state index in [-0.39, 0.29) is 11.7 Å². The number of aromatic nitrogens is 5. The molecule has 1 fully saturated rings. The molecule has 1 aliphatic rings. The number of pyridine rings is 2. The van der Waals surface area contributed by atoms with Gasteiger partial charge in [-0.3, -0.25) is 4.98 Å². The van der Waals surface area contributed by atoms with Crippen LogP contribution in [-0.4, -0.2) is 51.0 Å². The highest BCUT2D eigenvalue weighted by Gasteiger charge is 2.28. The maximum Gasteiger partial charge on any atom is 0.177 e. The van der Waals surface area contributed by atoms with E-state index in [9.17, 15) is 0 Å². The lowest BCUT2D eigenvalue weighted by atomic mass is 9.96. The molecule has 0 spiro atoms. The summed E-state index contributed by atoms with van der Waals surface area (Å²) < 4.78 is 13.3. The maximum atomic E-state index is 5.79. The molecule has 1 saturated heterocycles. The third-order valence-electron chi connectivity index (χ3n) is 5.32. The van der Waals surface area contributed by atoms with E-state index in [0.717, 1.165) is 46.9 Å². The summed E-state index contributed by atoms with van der Waals surface area (Å²) in [5.74, 6) is 0.862. The number of hydrogen-bond donors (Lipinski definition) is 1. The second kappa shape index (κ2) is 9.58. The summed E-state index contributed by atoms with van der Waals surface area (Å²) in [7, 11) is 0. The van der Waals surface area contributed by atoms with E-state index in [4.69, 9.17) is 9.47 Å². The topological polar surface area (TPSA) is 87.0 Å². The highest BCUT2D eigenvalue weighted by atomic mass is 16.7. The molecular weight excluding hydrogens is 404 g/mol. The summed E-state index contributed by atoms with van der Waals surface area (Å²) in [6.07, 6.45) is 5.99. The number of ether oxygens (including phenoxy) is 2. The van der Waals surface area contributed by atoms with Crippen molar-refractivity contribution in [3.8, 4) is 11.4 Å². The van der Waals surface area contributed by atoms with Crippen molar-refractivity contribution in [3.63, 3.8) is 0 Å². The summed E-state index contributed by atoms with van der Waals surface area (Å²) in [5.41, 5.74) is 4.66. The van der Waals surface area contributed by atoms with Gasteiger partial charge in [-0.2, -0.15) is 0 Å². The molecular formula is C24H30N6O2. The van der Waals surface area contributed by atoms with Crippen molar-refractivity contribution in [1.29, 1.82) is 0 Å². The molecule has 4 heterocycles. The Hall–Kier alpha value is -3.10. The van der Waals surface area contributed by atoms with Gasteiger partial charge in [-0.15, -0.1) is 5.10 Å². The molecule has 0 aromatic carbocycles. The van der Waals surface area contributed by atoms with E-state index in [2.05, 4.69) is 52.1 Å². The first-order valence-electron chi connectivity index (χ1n) is 10.8. The van der Waals surface area contributed by atoms with Crippen LogP contribution in [0.1, 0.15) is 31.4 Å². The minimum absolute atomic E-state index is 0.0469. The van der Waals surface area contributed by atoms with Crippen LogP contribution in [0.5, 0.6) is 0 Å². The quantitative estimate of drug-likeness (QED) is 0.574. The van der Waals surface area contributed by atoms with Crippen LogP contribution in [0.15, 0.2) is 49.4 Å². The summed E-state index contributed by atoms with van der Waals surface area (Å²) in [6, 6.07) is 7.91. The fraction of sp³-hybridized carbons (Fsp3) is 0.417. The van der Waals surface area contributed by atoms with Crippen LogP contribution >= 0.6 is 0 Å². The van der Waals surface area contributed by atoms with E-state index in [1.54, 1.807) is 10.9 Å². The number of hydrogen-bond acceptors (Lipinski definition) is 7. The zero-order valence-corrected chi connectivity index (χ0v) is 18.9. The summed E-state index contributed by atoms with van der Waals surface area (Å²) in [6.45, 7) is 13.1. The van der Waals surface area contributed by atoms with E-state index in [0.29, 0.717) is 19.8 Å². The van der Waals surface area contributed by atoms with Crippen LogP contribution < -0.4 is 5.32 Å². The highest BCUT2D eigenvalue weighted by Crippen LogP contribution is 2.25. The lowest BCUT2D eigenvalue weighted by molar-refractivity contribution is -0.227. The number of nitrogens with zero attached hydrogens (tertiary/aromatic N) is 5. The fourth-order valence-electron chi connectivity index (χ4n) is 3.47. The van der Waals surface area contributed by atoms with E-state index in [1.165, 1.54) is 0 Å². The van der Waals surface area contributed by atoms with Gasteiger partial charge in [-0.1, -0.05) is 31.7 Å². The molecule has 3 aromatic heterocycles. The van der Waals surface area contributed by atoms with Crippen molar-refractivity contribution in [1.82, 2.24) is 25.0 Å². The Balaban J connectivity index is 1.34. The Morgan fingerprint density at radius 2 is 2.06 bits per heavy atom. The molecule has 3 aromatic rings. The average Bonchev–Trinajstić information content (AvgIpc) is 3.24. The molecule has 0 aliphatic carbocycles. The molecule has 168 valence electrons. The van der Waals surface area contributed by atoms with Crippen molar-refractivity contribution >= 4 is 11.4 Å². The first kappa shape index (κ1) is 22.1. The Morgan fingerprint density at radius 3 is 2.78 bits per heavy atom. The molecule has 0 amide bonds. The predicted molar refractivity (Wildman–Crippen MR) is 124 cm³/mol. The minimum atomic E-state index is -0.308. The largest absolute Gasteiger partial charge is 0.370 e. The maximum absolute atomic E-state index is 5.79. The van der Waals surface area contributed by atoms with E-state index in [1.807, 2.05) is 37.5 Å². The number of aryl methyl sites for hydroxylation is 1. The zero-order chi connectivity index (χ0) is 22.6. The Labute approximate surface area is 188 Å². The lowest BCUT2D eigenvalue weighted by Crippen LogP contribution is -2.39. The first-order valence-corrected chi connectivity index (χ1v) is 10.8. The van der Waals surface area contributed by atoms with Gasteiger partial charge in [-0.25, -0.2) is 9.67 Å². The van der Waals surface area contributed by atoms with E-state index >= 15 is 0 Å². The summed E-state index contributed by atoms with van der Waals surface area (Å²) >= 11 is 0. The van der Waals surface area contributed by atoms with Crippen molar-refractivity contribution in [3.05, 3.63) is 60.6 Å². The van der Waals surface area contributed by atoms with Crippen molar-refractivity contribution in [2.75, 3.05) is 25.1 Å². The van der Waals surface area contributed by atoms with Gasteiger partial charge in [0.1, 0.15) is 11.5 Å². The molecule has 8 nitrogen and oxygen atoms in total. The molecule has 1 N–H and O–H groups in total. The monoisotopic (exact) mass is 434 g/mol. The van der Waals surface area contributed by atoms with Gasteiger partial charge in [0.2, 0.25) is 0 Å². The van der Waals surface area contributed by atoms with Crippen molar-refractivity contribution < 1.29 is 9.47 Å². The van der Waals surface area contributed by atoms with Crippen LogP contribution in [0, 0.1) is 12.3 Å². The third-order valence-corrected chi connectivity index (χ3v) is 5.32. The molecule has 0 radical (unpaired) electrons. The lowest BCUT2D eigenvalue weighted by Gasteiger charge is -2.34. The van der Waals surface area contributed by atoms with Crippen LogP contribution in [0.2, 0.25) is 0 Å². The molecule has 0 bridgehead atoms. The van der Waals surface area contributed by atoms with Crippen molar-refractivity contribution in [2.24, 2.45) is 5.41 Å². The number of anilines is 1. The highest BCUT2D eigenvalue weighted by molar-refractivity contribution is 5.67. The van der Waals surface area contributed by atoms with Gasteiger partial charge in [-0.05, 0) is 48.2 Å². The second-order valence-corrected chi connectivity index (χ2v) is 8.93. The molecule has 1 aliphatic heterocycles. The first-order chi connectivity index (χ1) is 15.4. The van der Waals surface area contributed by atoms with Gasteiger partial charge in [0, 0.05) is 24.4 Å². The summed E-state index contributed by atoms with van der Waals surface area (Å²) in [4.78, 5) is 8.91. The normalized spacial score (nSPS) is 16.1. The Bertz CT molecular complexity index is 1050. The molecule has 0 saturated carbocycles. The van der Waals surface area contributed by atoms with Crippen LogP contribution in [0.3, 0.4) is 0 Å². The second-order valence-electron chi connectivity index (χ2n) is 8.93. The van der Waals surface area contributed by atoms with Gasteiger partial charge < -0.3 is 14.8 Å². The van der Waals surface area contributed by atoms with E-state index < -0.39 is 0 Å². The number of rotatable bonds is 8.